The number of aliphatic hydroxyl groups is 1. The summed E-state index contributed by atoms with van der Waals surface area (Å²) in [6.45, 7) is 10.7. The third-order valence-electron chi connectivity index (χ3n) is 5.71. The van der Waals surface area contributed by atoms with E-state index in [1.165, 1.54) is 11.1 Å². The summed E-state index contributed by atoms with van der Waals surface area (Å²) in [5, 5.41) is 13.8. The highest BCUT2D eigenvalue weighted by Gasteiger charge is 2.40. The number of hydrogen-bond acceptors (Lipinski definition) is 2. The smallest absolute Gasteiger partial charge is 0.130 e. The summed E-state index contributed by atoms with van der Waals surface area (Å²) in [6, 6.07) is 18.8. The van der Waals surface area contributed by atoms with Gasteiger partial charge in [-0.25, -0.2) is 4.99 Å². The maximum atomic E-state index is 11.5. The Kier molecular flexibility index (Phi) is 4.20. The minimum atomic E-state index is -1.10. The van der Waals surface area contributed by atoms with Crippen LogP contribution in [0.5, 0.6) is 0 Å². The van der Waals surface area contributed by atoms with E-state index in [0.29, 0.717) is 11.8 Å². The molecule has 0 fully saturated rings. The van der Waals surface area contributed by atoms with Gasteiger partial charge in [-0.3, -0.25) is 0 Å². The average Bonchev–Trinajstić information content (AvgIpc) is 2.85. The minimum Gasteiger partial charge on any atom is -0.379 e. The van der Waals surface area contributed by atoms with Gasteiger partial charge in [0.2, 0.25) is 0 Å². The van der Waals surface area contributed by atoms with Gasteiger partial charge in [-0.2, -0.15) is 0 Å². The van der Waals surface area contributed by atoms with E-state index >= 15 is 0 Å². The molecule has 0 heterocycles. The molecule has 0 amide bonds. The molecular formula is C25H27NO. The van der Waals surface area contributed by atoms with Crippen LogP contribution in [-0.2, 0) is 5.60 Å². The van der Waals surface area contributed by atoms with Crippen molar-refractivity contribution in [3.8, 4) is 0 Å². The number of aliphatic imine (C=N–C) groups is 1. The molecule has 0 saturated carbocycles. The van der Waals surface area contributed by atoms with Crippen molar-refractivity contribution in [3.63, 3.8) is 0 Å². The van der Waals surface area contributed by atoms with Gasteiger partial charge in [0.1, 0.15) is 5.60 Å². The van der Waals surface area contributed by atoms with Crippen LogP contribution in [0.15, 0.2) is 59.6 Å². The van der Waals surface area contributed by atoms with Crippen LogP contribution in [0.1, 0.15) is 68.7 Å². The average molecular weight is 357 g/mol. The van der Waals surface area contributed by atoms with Gasteiger partial charge in [0.25, 0.3) is 0 Å². The topological polar surface area (TPSA) is 32.6 Å². The van der Waals surface area contributed by atoms with Crippen molar-refractivity contribution < 1.29 is 5.11 Å². The van der Waals surface area contributed by atoms with Crippen LogP contribution >= 0.6 is 0 Å². The Bertz CT molecular complexity index is 1030. The first kappa shape index (κ1) is 17.9. The van der Waals surface area contributed by atoms with E-state index in [1.54, 1.807) is 0 Å². The highest BCUT2D eigenvalue weighted by molar-refractivity contribution is 6.22. The van der Waals surface area contributed by atoms with E-state index in [0.717, 1.165) is 33.3 Å². The number of para-hydroxylation sites is 1. The lowest BCUT2D eigenvalue weighted by Crippen LogP contribution is -2.28. The largest absolute Gasteiger partial charge is 0.379 e. The fraction of sp³-hybridized carbons (Fsp3) is 0.320. The Morgan fingerprint density at radius 1 is 0.815 bits per heavy atom. The zero-order valence-corrected chi connectivity index (χ0v) is 16.7. The van der Waals surface area contributed by atoms with E-state index in [2.05, 4.69) is 70.2 Å². The molecule has 1 N–H and O–H groups in total. The number of hydrogen-bond donors (Lipinski definition) is 1. The zero-order chi connectivity index (χ0) is 19.3. The van der Waals surface area contributed by atoms with Gasteiger partial charge in [0.05, 0.1) is 11.4 Å². The molecule has 1 unspecified atom stereocenters. The van der Waals surface area contributed by atoms with Crippen LogP contribution in [0.25, 0.3) is 10.8 Å². The zero-order valence-electron chi connectivity index (χ0n) is 16.7. The molecule has 3 aromatic carbocycles. The number of rotatable bonds is 3. The van der Waals surface area contributed by atoms with Crippen LogP contribution in [0.4, 0.5) is 5.69 Å². The first-order valence-electron chi connectivity index (χ1n) is 9.79. The van der Waals surface area contributed by atoms with Crippen LogP contribution < -0.4 is 0 Å². The molecule has 2 heteroatoms. The molecule has 0 bridgehead atoms. The van der Waals surface area contributed by atoms with Crippen LogP contribution in [0.2, 0.25) is 0 Å². The summed E-state index contributed by atoms with van der Waals surface area (Å²) in [5.41, 5.74) is 5.12. The maximum absolute atomic E-state index is 11.5. The molecule has 138 valence electrons. The van der Waals surface area contributed by atoms with Crippen molar-refractivity contribution in [1.29, 1.82) is 0 Å². The molecule has 0 radical (unpaired) electrons. The van der Waals surface area contributed by atoms with Crippen molar-refractivity contribution in [3.05, 3.63) is 76.9 Å². The van der Waals surface area contributed by atoms with Crippen molar-refractivity contribution in [1.82, 2.24) is 0 Å². The molecule has 1 aliphatic rings. The quantitative estimate of drug-likeness (QED) is 0.575. The molecule has 0 saturated heterocycles. The highest BCUT2D eigenvalue weighted by atomic mass is 16.3. The van der Waals surface area contributed by atoms with Gasteiger partial charge in [-0.05, 0) is 46.2 Å². The van der Waals surface area contributed by atoms with Gasteiger partial charge in [0, 0.05) is 5.56 Å². The Balaban J connectivity index is 2.04. The molecular weight excluding hydrogens is 330 g/mol. The maximum Gasteiger partial charge on any atom is 0.130 e. The predicted molar refractivity (Wildman–Crippen MR) is 114 cm³/mol. The summed E-state index contributed by atoms with van der Waals surface area (Å²) in [7, 11) is 0. The van der Waals surface area contributed by atoms with E-state index < -0.39 is 5.60 Å². The summed E-state index contributed by atoms with van der Waals surface area (Å²) in [6.07, 6.45) is 0. The molecule has 0 aromatic heterocycles. The summed E-state index contributed by atoms with van der Waals surface area (Å²) < 4.78 is 0. The summed E-state index contributed by atoms with van der Waals surface area (Å²) in [5.74, 6) is 0.736. The van der Waals surface area contributed by atoms with E-state index in [1.807, 2.05) is 19.1 Å². The van der Waals surface area contributed by atoms with Crippen LogP contribution in [0.3, 0.4) is 0 Å². The van der Waals surface area contributed by atoms with E-state index in [4.69, 9.17) is 4.99 Å². The first-order chi connectivity index (χ1) is 12.8. The molecule has 0 aliphatic heterocycles. The first-order valence-corrected chi connectivity index (χ1v) is 9.79. The number of benzene rings is 3. The van der Waals surface area contributed by atoms with E-state index in [-0.39, 0.29) is 0 Å². The standard InChI is InChI=1S/C25H27NO/c1-15(2)18-11-8-12-19(16(3)4)23(18)26-24-20-13-6-9-17-10-7-14-21(22(17)20)25(24,5)27/h6-16,27H,1-5H3. The normalized spacial score (nSPS) is 20.4. The van der Waals surface area contributed by atoms with Gasteiger partial charge in [-0.1, -0.05) is 82.3 Å². The lowest BCUT2D eigenvalue weighted by atomic mass is 9.91. The molecule has 4 rings (SSSR count). The second-order valence-electron chi connectivity index (χ2n) is 8.34. The van der Waals surface area contributed by atoms with Gasteiger partial charge >= 0.3 is 0 Å². The third kappa shape index (κ3) is 2.71. The minimum absolute atomic E-state index is 0.368. The Hall–Kier alpha value is -2.45. The monoisotopic (exact) mass is 357 g/mol. The molecule has 0 spiro atoms. The van der Waals surface area contributed by atoms with Crippen molar-refractivity contribution in [2.24, 2.45) is 4.99 Å². The van der Waals surface area contributed by atoms with Gasteiger partial charge in [-0.15, -0.1) is 0 Å². The fourth-order valence-corrected chi connectivity index (χ4v) is 4.26. The van der Waals surface area contributed by atoms with Crippen LogP contribution in [0, 0.1) is 0 Å². The molecule has 27 heavy (non-hydrogen) atoms. The molecule has 2 nitrogen and oxygen atoms in total. The van der Waals surface area contributed by atoms with Crippen molar-refractivity contribution in [2.75, 3.05) is 0 Å². The summed E-state index contributed by atoms with van der Waals surface area (Å²) in [4.78, 5) is 5.16. The second-order valence-corrected chi connectivity index (χ2v) is 8.34. The Labute approximate surface area is 161 Å². The van der Waals surface area contributed by atoms with Crippen molar-refractivity contribution in [2.45, 2.75) is 52.1 Å². The Morgan fingerprint density at radius 3 is 1.96 bits per heavy atom. The van der Waals surface area contributed by atoms with Gasteiger partial charge < -0.3 is 5.11 Å². The molecule has 1 atom stereocenters. The van der Waals surface area contributed by atoms with Gasteiger partial charge in [0.15, 0.2) is 0 Å². The summed E-state index contributed by atoms with van der Waals surface area (Å²) >= 11 is 0. The lowest BCUT2D eigenvalue weighted by Gasteiger charge is -2.22. The van der Waals surface area contributed by atoms with E-state index in [9.17, 15) is 5.11 Å². The molecule has 3 aromatic rings. The third-order valence-corrected chi connectivity index (χ3v) is 5.71. The highest BCUT2D eigenvalue weighted by Crippen LogP contribution is 2.44. The van der Waals surface area contributed by atoms with Crippen molar-refractivity contribution >= 4 is 22.2 Å². The number of nitrogens with zero attached hydrogens (tertiary/aromatic N) is 1. The predicted octanol–water partition coefficient (Wildman–Crippen LogP) is 6.43. The fourth-order valence-electron chi connectivity index (χ4n) is 4.26. The SMILES string of the molecule is CC(C)c1cccc(C(C)C)c1N=C1c2cccc3cccc(c23)C1(C)O. The second kappa shape index (κ2) is 6.31. The molecule has 1 aliphatic carbocycles. The lowest BCUT2D eigenvalue weighted by molar-refractivity contribution is 0.138. The van der Waals surface area contributed by atoms with Crippen LogP contribution in [-0.4, -0.2) is 10.8 Å². The Morgan fingerprint density at radius 2 is 1.37 bits per heavy atom.